The molecule has 9 heteroatoms. The van der Waals surface area contributed by atoms with Crippen LogP contribution in [0, 0.1) is 24.1 Å². The molecule has 0 spiro atoms. The summed E-state index contributed by atoms with van der Waals surface area (Å²) in [6.07, 6.45) is 11.6. The maximum atomic E-state index is 14.3. The first-order valence-corrected chi connectivity index (χ1v) is 13.8. The fraction of sp³-hybridized carbons (Fsp3) is 0.303. The Morgan fingerprint density at radius 3 is 2.57 bits per heavy atom. The molecule has 1 unspecified atom stereocenters. The number of anilines is 1. The van der Waals surface area contributed by atoms with Crippen LogP contribution >= 0.6 is 0 Å². The van der Waals surface area contributed by atoms with Crippen molar-refractivity contribution in [2.45, 2.75) is 67.5 Å². The number of nitrogens with zero attached hydrogens (tertiary/aromatic N) is 5. The van der Waals surface area contributed by atoms with Crippen molar-refractivity contribution in [3.63, 3.8) is 0 Å². The van der Waals surface area contributed by atoms with Crippen molar-refractivity contribution in [3.05, 3.63) is 121 Å². The number of hydrogen-bond donors (Lipinski definition) is 1. The van der Waals surface area contributed by atoms with E-state index in [9.17, 15) is 19.2 Å². The normalized spacial score (nSPS) is 16.6. The van der Waals surface area contributed by atoms with Crippen molar-refractivity contribution in [2.75, 3.05) is 5.32 Å². The number of rotatable bonds is 9. The Balaban J connectivity index is 2.26. The lowest BCUT2D eigenvalue weighted by Crippen LogP contribution is -2.42. The molecule has 1 N–H and O–H groups in total. The van der Waals surface area contributed by atoms with E-state index in [0.29, 0.717) is 22.5 Å². The summed E-state index contributed by atoms with van der Waals surface area (Å²) in [5, 5.41) is 12.6. The van der Waals surface area contributed by atoms with Crippen LogP contribution in [0.1, 0.15) is 64.7 Å². The maximum absolute atomic E-state index is 14.3. The molecule has 0 fully saturated rings. The van der Waals surface area contributed by atoms with Crippen molar-refractivity contribution in [1.29, 1.82) is 5.26 Å². The molecule has 218 valence electrons. The molecule has 0 aliphatic heterocycles. The Morgan fingerprint density at radius 2 is 1.98 bits per heavy atom. The Kier molecular flexibility index (Phi) is 10.3. The van der Waals surface area contributed by atoms with Crippen LogP contribution in [0.2, 0.25) is 0 Å². The van der Waals surface area contributed by atoms with E-state index < -0.39 is 17.2 Å². The number of aliphatic imine (C=N–C) groups is 1. The van der Waals surface area contributed by atoms with E-state index in [1.807, 2.05) is 38.1 Å². The predicted octanol–water partition coefficient (Wildman–Crippen LogP) is 6.21. The van der Waals surface area contributed by atoms with Gasteiger partial charge in [-0.1, -0.05) is 31.7 Å². The second kappa shape index (κ2) is 13.7. The minimum Gasteiger partial charge on any atom is -0.325 e. The highest BCUT2D eigenvalue weighted by molar-refractivity contribution is 6.12. The Morgan fingerprint density at radius 1 is 1.26 bits per heavy atom. The van der Waals surface area contributed by atoms with Crippen LogP contribution in [-0.2, 0) is 6.54 Å². The van der Waals surface area contributed by atoms with Crippen LogP contribution in [0.25, 0.3) is 5.70 Å². The van der Waals surface area contributed by atoms with E-state index in [2.05, 4.69) is 30.7 Å². The van der Waals surface area contributed by atoms with Crippen molar-refractivity contribution < 1.29 is 4.39 Å². The quantitative estimate of drug-likeness (QED) is 0.362. The fourth-order valence-corrected chi connectivity index (χ4v) is 4.30. The molecule has 2 aromatic rings. The molecule has 1 aromatic carbocycles. The molecule has 0 saturated carbocycles. The van der Waals surface area contributed by atoms with Crippen molar-refractivity contribution in [1.82, 2.24) is 14.1 Å². The average Bonchev–Trinajstić information content (AvgIpc) is 2.96. The minimum absolute atomic E-state index is 0.0140. The van der Waals surface area contributed by atoms with Crippen molar-refractivity contribution >= 4 is 17.4 Å². The number of halogens is 1. The van der Waals surface area contributed by atoms with Gasteiger partial charge in [0, 0.05) is 11.7 Å². The van der Waals surface area contributed by atoms with Gasteiger partial charge in [-0.05, 0) is 106 Å². The number of aryl methyl sites for hydroxylation is 1. The number of nitriles is 1. The zero-order valence-corrected chi connectivity index (χ0v) is 25.2. The van der Waals surface area contributed by atoms with Gasteiger partial charge in [0.1, 0.15) is 11.9 Å². The molecule has 1 aromatic heterocycles. The van der Waals surface area contributed by atoms with Crippen molar-refractivity contribution in [2.24, 2.45) is 4.99 Å². The van der Waals surface area contributed by atoms with E-state index in [1.165, 1.54) is 16.7 Å². The van der Waals surface area contributed by atoms with Gasteiger partial charge in [-0.3, -0.25) is 9.56 Å². The topological polar surface area (TPSA) is 105 Å². The minimum atomic E-state index is -0.767. The largest absolute Gasteiger partial charge is 0.359 e. The molecule has 1 heterocycles. The van der Waals surface area contributed by atoms with Gasteiger partial charge in [0.05, 0.1) is 23.5 Å². The zero-order valence-electron chi connectivity index (χ0n) is 25.2. The second-order valence-corrected chi connectivity index (χ2v) is 10.1. The molecular formula is C33H37FN6O2. The van der Waals surface area contributed by atoms with Gasteiger partial charge in [-0.2, -0.15) is 10.2 Å². The summed E-state index contributed by atoms with van der Waals surface area (Å²) < 4.78 is 16.6. The molecular weight excluding hydrogens is 531 g/mol. The summed E-state index contributed by atoms with van der Waals surface area (Å²) in [4.78, 5) is 36.4. The fourth-order valence-electron chi connectivity index (χ4n) is 4.30. The van der Waals surface area contributed by atoms with E-state index in [4.69, 9.17) is 4.99 Å². The Labute approximate surface area is 246 Å². The number of allylic oxidation sites excluding steroid dienone is 10. The molecule has 0 saturated heterocycles. The summed E-state index contributed by atoms with van der Waals surface area (Å²) >= 11 is 0. The lowest BCUT2D eigenvalue weighted by molar-refractivity contribution is 0.618. The SMILES string of the molecule is C=C/C(C)=C\C(=C/C)n1c(=O)nc(NC2=C/C(=C/C)C(=NC(C)CC)C=C2C)n(Cc2cc(C#N)c(F)cc2C)c1=O. The monoisotopic (exact) mass is 568 g/mol. The number of benzene rings is 1. The molecule has 1 aliphatic carbocycles. The summed E-state index contributed by atoms with van der Waals surface area (Å²) in [7, 11) is 0. The van der Waals surface area contributed by atoms with Crippen molar-refractivity contribution in [3.8, 4) is 6.07 Å². The molecule has 8 nitrogen and oxygen atoms in total. The van der Waals surface area contributed by atoms with Gasteiger partial charge in [0.25, 0.3) is 0 Å². The molecule has 3 rings (SSSR count). The molecule has 1 atom stereocenters. The van der Waals surface area contributed by atoms with Crippen LogP contribution in [0.15, 0.2) is 92.2 Å². The summed E-state index contributed by atoms with van der Waals surface area (Å²) in [6.45, 7) is 16.9. The Hall–Kier alpha value is -4.84. The van der Waals surface area contributed by atoms with Crippen LogP contribution in [-0.4, -0.2) is 25.9 Å². The lowest BCUT2D eigenvalue weighted by atomic mass is 9.97. The third-order valence-electron chi connectivity index (χ3n) is 7.08. The summed E-state index contributed by atoms with van der Waals surface area (Å²) in [5.74, 6) is -0.629. The second-order valence-electron chi connectivity index (χ2n) is 10.1. The van der Waals surface area contributed by atoms with Gasteiger partial charge in [0.2, 0.25) is 5.95 Å². The highest BCUT2D eigenvalue weighted by Gasteiger charge is 2.20. The summed E-state index contributed by atoms with van der Waals surface area (Å²) in [6, 6.07) is 4.67. The number of nitrogens with one attached hydrogen (secondary N) is 1. The van der Waals surface area contributed by atoms with E-state index >= 15 is 0 Å². The van der Waals surface area contributed by atoms with E-state index in [0.717, 1.165) is 33.4 Å². The first-order valence-electron chi connectivity index (χ1n) is 13.8. The highest BCUT2D eigenvalue weighted by Crippen LogP contribution is 2.24. The first-order chi connectivity index (χ1) is 20.0. The standard InChI is InChI=1S/C33H37FN6O2/c1-9-20(5)13-27(12-4)40-32(41)38-31(37-29-17-24(11-3)30(15-22(29)7)36-23(8)10-2)39(33(40)42)19-26-16-25(18-35)28(34)14-21(26)6/h9,11-17,23H,1,10,19H2,2-8H3,(H,37,38,41)/b20-13-,24-11-,27-12+,36-30?. The van der Waals surface area contributed by atoms with Gasteiger partial charge < -0.3 is 5.32 Å². The molecule has 0 radical (unpaired) electrons. The third kappa shape index (κ3) is 6.89. The lowest BCUT2D eigenvalue weighted by Gasteiger charge is -2.21. The van der Waals surface area contributed by atoms with Gasteiger partial charge in [0.15, 0.2) is 0 Å². The molecule has 42 heavy (non-hydrogen) atoms. The predicted molar refractivity (Wildman–Crippen MR) is 168 cm³/mol. The highest BCUT2D eigenvalue weighted by atomic mass is 19.1. The van der Waals surface area contributed by atoms with Crippen LogP contribution in [0.3, 0.4) is 0 Å². The molecule has 1 aliphatic rings. The van der Waals surface area contributed by atoms with Gasteiger partial charge in [-0.15, -0.1) is 0 Å². The van der Waals surface area contributed by atoms with Gasteiger partial charge in [-0.25, -0.2) is 18.5 Å². The van der Waals surface area contributed by atoms with Gasteiger partial charge >= 0.3 is 11.4 Å². The number of hydrogen-bond acceptors (Lipinski definition) is 6. The average molecular weight is 569 g/mol. The molecule has 0 bridgehead atoms. The Bertz CT molecular complexity index is 1760. The van der Waals surface area contributed by atoms with E-state index in [-0.39, 0.29) is 24.1 Å². The van der Waals surface area contributed by atoms with E-state index in [1.54, 1.807) is 39.0 Å². The first kappa shape index (κ1) is 31.7. The maximum Gasteiger partial charge on any atom is 0.359 e. The van der Waals surface area contributed by atoms with Crippen LogP contribution in [0.4, 0.5) is 10.3 Å². The zero-order chi connectivity index (χ0) is 31.1. The number of aromatic nitrogens is 3. The van der Waals surface area contributed by atoms with Crippen LogP contribution < -0.4 is 16.7 Å². The molecule has 0 amide bonds. The smallest absolute Gasteiger partial charge is 0.325 e. The summed E-state index contributed by atoms with van der Waals surface area (Å²) in [5.41, 5.74) is 3.83. The third-order valence-corrected chi connectivity index (χ3v) is 7.08. The van der Waals surface area contributed by atoms with Crippen LogP contribution in [0.5, 0.6) is 0 Å².